The Morgan fingerprint density at radius 1 is 1.62 bits per heavy atom. The lowest BCUT2D eigenvalue weighted by Crippen LogP contribution is -1.92. The summed E-state index contributed by atoms with van der Waals surface area (Å²) in [7, 11) is 0. The second kappa shape index (κ2) is 1.88. The van der Waals surface area contributed by atoms with E-state index in [0.29, 0.717) is 17.8 Å². The quantitative estimate of drug-likeness (QED) is 0.494. The van der Waals surface area contributed by atoms with Gasteiger partial charge >= 0.3 is 0 Å². The van der Waals surface area contributed by atoms with E-state index in [1.54, 1.807) is 0 Å². The van der Waals surface area contributed by atoms with E-state index in [1.807, 2.05) is 0 Å². The maximum Gasteiger partial charge on any atom is 0.123 e. The van der Waals surface area contributed by atoms with Gasteiger partial charge in [0.05, 0.1) is 0 Å². The minimum absolute atomic E-state index is 0.412. The van der Waals surface area contributed by atoms with Gasteiger partial charge in [0.1, 0.15) is 6.29 Å². The van der Waals surface area contributed by atoms with Gasteiger partial charge in [-0.25, -0.2) is 0 Å². The van der Waals surface area contributed by atoms with Crippen molar-refractivity contribution >= 4 is 6.29 Å². The van der Waals surface area contributed by atoms with Gasteiger partial charge in [-0.3, -0.25) is 0 Å². The van der Waals surface area contributed by atoms with Crippen LogP contribution in [0.1, 0.15) is 20.3 Å². The molecule has 46 valence electrons. The fourth-order valence-electron chi connectivity index (χ4n) is 1.16. The normalized spacial score (nSPS) is 35.4. The Labute approximate surface area is 50.1 Å². The Balaban J connectivity index is 2.26. The summed E-state index contributed by atoms with van der Waals surface area (Å²) in [6.45, 7) is 4.35. The van der Waals surface area contributed by atoms with Gasteiger partial charge in [-0.15, -0.1) is 0 Å². The predicted molar refractivity (Wildman–Crippen MR) is 32.5 cm³/mol. The topological polar surface area (TPSA) is 17.1 Å². The summed E-state index contributed by atoms with van der Waals surface area (Å²) in [5, 5.41) is 0. The molecule has 1 fully saturated rings. The molecule has 0 aromatic rings. The maximum atomic E-state index is 10.1. The van der Waals surface area contributed by atoms with Crippen LogP contribution in [0.2, 0.25) is 0 Å². The van der Waals surface area contributed by atoms with Gasteiger partial charge in [0, 0.05) is 5.92 Å². The number of rotatable bonds is 2. The van der Waals surface area contributed by atoms with E-state index in [4.69, 9.17) is 0 Å². The minimum Gasteiger partial charge on any atom is -0.303 e. The molecule has 0 saturated heterocycles. The number of hydrogen-bond donors (Lipinski definition) is 0. The van der Waals surface area contributed by atoms with E-state index in [9.17, 15) is 4.79 Å². The predicted octanol–water partition coefficient (Wildman–Crippen LogP) is 1.48. The van der Waals surface area contributed by atoms with Crippen LogP contribution in [-0.2, 0) is 4.79 Å². The van der Waals surface area contributed by atoms with Gasteiger partial charge in [0.15, 0.2) is 0 Å². The largest absolute Gasteiger partial charge is 0.303 e. The van der Waals surface area contributed by atoms with Crippen LogP contribution in [-0.4, -0.2) is 6.29 Å². The van der Waals surface area contributed by atoms with E-state index < -0.39 is 0 Å². The van der Waals surface area contributed by atoms with Gasteiger partial charge in [-0.2, -0.15) is 0 Å². The number of hydrogen-bond acceptors (Lipinski definition) is 1. The fraction of sp³-hybridized carbons (Fsp3) is 0.857. The van der Waals surface area contributed by atoms with Crippen molar-refractivity contribution < 1.29 is 4.79 Å². The molecule has 1 heteroatoms. The summed E-state index contributed by atoms with van der Waals surface area (Å²) in [6.07, 6.45) is 2.23. The molecule has 1 aliphatic rings. The Morgan fingerprint density at radius 2 is 2.25 bits per heavy atom. The number of carbonyl (C=O) groups is 1. The van der Waals surface area contributed by atoms with Crippen molar-refractivity contribution in [1.29, 1.82) is 0 Å². The molecule has 2 atom stereocenters. The van der Waals surface area contributed by atoms with Crippen molar-refractivity contribution in [2.45, 2.75) is 20.3 Å². The molecule has 1 aliphatic carbocycles. The van der Waals surface area contributed by atoms with Crippen LogP contribution in [0.3, 0.4) is 0 Å². The smallest absolute Gasteiger partial charge is 0.123 e. The molecule has 0 aromatic heterocycles. The van der Waals surface area contributed by atoms with Crippen LogP contribution in [0, 0.1) is 17.8 Å². The van der Waals surface area contributed by atoms with Gasteiger partial charge < -0.3 is 4.79 Å². The lowest BCUT2D eigenvalue weighted by molar-refractivity contribution is -0.109. The van der Waals surface area contributed by atoms with Gasteiger partial charge in [0.2, 0.25) is 0 Å². The van der Waals surface area contributed by atoms with E-state index in [-0.39, 0.29) is 0 Å². The van der Waals surface area contributed by atoms with Crippen molar-refractivity contribution in [1.82, 2.24) is 0 Å². The zero-order chi connectivity index (χ0) is 6.15. The zero-order valence-corrected chi connectivity index (χ0v) is 5.42. The minimum atomic E-state index is 0.412. The van der Waals surface area contributed by atoms with Crippen LogP contribution in [0.5, 0.6) is 0 Å². The van der Waals surface area contributed by atoms with Crippen molar-refractivity contribution in [2.75, 3.05) is 0 Å². The van der Waals surface area contributed by atoms with E-state index >= 15 is 0 Å². The lowest BCUT2D eigenvalue weighted by atomic mass is 10.1. The summed E-state index contributed by atoms with van der Waals surface area (Å²) in [4.78, 5) is 10.1. The molecule has 1 saturated carbocycles. The van der Waals surface area contributed by atoms with E-state index in [0.717, 1.165) is 12.7 Å². The molecular formula is C7H12O. The Bertz CT molecular complexity index is 96.6. The molecule has 0 amide bonds. The van der Waals surface area contributed by atoms with Crippen LogP contribution >= 0.6 is 0 Å². The number of aldehydes is 1. The van der Waals surface area contributed by atoms with Gasteiger partial charge in [0.25, 0.3) is 0 Å². The van der Waals surface area contributed by atoms with E-state index in [1.165, 1.54) is 0 Å². The monoisotopic (exact) mass is 112 g/mol. The molecule has 8 heavy (non-hydrogen) atoms. The molecule has 0 aliphatic heterocycles. The molecule has 0 radical (unpaired) electrons. The average molecular weight is 112 g/mol. The van der Waals surface area contributed by atoms with Crippen LogP contribution in [0.4, 0.5) is 0 Å². The van der Waals surface area contributed by atoms with Crippen molar-refractivity contribution in [3.05, 3.63) is 0 Å². The Hall–Kier alpha value is -0.330. The highest BCUT2D eigenvalue weighted by molar-refractivity contribution is 5.58. The summed E-state index contributed by atoms with van der Waals surface area (Å²) in [5.41, 5.74) is 0. The summed E-state index contributed by atoms with van der Waals surface area (Å²) in [6, 6.07) is 0. The van der Waals surface area contributed by atoms with Crippen molar-refractivity contribution in [3.8, 4) is 0 Å². The first-order valence-corrected chi connectivity index (χ1v) is 3.21. The average Bonchev–Trinajstić information content (AvgIpc) is 2.42. The molecular weight excluding hydrogens is 100 g/mol. The highest BCUT2D eigenvalue weighted by atomic mass is 16.1. The highest BCUT2D eigenvalue weighted by Gasteiger charge is 2.38. The molecule has 0 N–H and O–H groups in total. The molecule has 0 aromatic carbocycles. The lowest BCUT2D eigenvalue weighted by Gasteiger charge is -1.96. The third kappa shape index (κ3) is 0.908. The summed E-state index contributed by atoms with van der Waals surface area (Å²) in [5.74, 6) is 1.84. The van der Waals surface area contributed by atoms with Crippen molar-refractivity contribution in [3.63, 3.8) is 0 Å². The second-order valence-corrected chi connectivity index (χ2v) is 2.94. The van der Waals surface area contributed by atoms with Crippen molar-refractivity contribution in [2.24, 2.45) is 17.8 Å². The molecule has 0 heterocycles. The molecule has 0 bridgehead atoms. The maximum absolute atomic E-state index is 10.1. The summed E-state index contributed by atoms with van der Waals surface area (Å²) < 4.78 is 0. The Morgan fingerprint density at radius 3 is 2.38 bits per heavy atom. The van der Waals surface area contributed by atoms with Crippen LogP contribution in [0.15, 0.2) is 0 Å². The third-order valence-corrected chi connectivity index (χ3v) is 1.92. The van der Waals surface area contributed by atoms with Crippen LogP contribution in [0.25, 0.3) is 0 Å². The van der Waals surface area contributed by atoms with Gasteiger partial charge in [-0.1, -0.05) is 13.8 Å². The number of carbonyl (C=O) groups excluding carboxylic acids is 1. The second-order valence-electron chi connectivity index (χ2n) is 2.94. The standard InChI is InChI=1S/C7H12O/c1-5(2)7-3-6(7)4-8/h4-7H,3H2,1-2H3/t6-,7+/m0/s1. The first kappa shape index (κ1) is 5.80. The molecule has 1 nitrogen and oxygen atoms in total. The summed E-state index contributed by atoms with van der Waals surface area (Å²) >= 11 is 0. The molecule has 0 spiro atoms. The van der Waals surface area contributed by atoms with E-state index in [2.05, 4.69) is 13.8 Å². The highest BCUT2D eigenvalue weighted by Crippen LogP contribution is 2.42. The zero-order valence-electron chi connectivity index (χ0n) is 5.42. The molecule has 1 rings (SSSR count). The van der Waals surface area contributed by atoms with Crippen LogP contribution < -0.4 is 0 Å². The SMILES string of the molecule is CC(C)[C@H]1C[C@H]1C=O. The Kier molecular flexibility index (Phi) is 1.37. The third-order valence-electron chi connectivity index (χ3n) is 1.92. The first-order valence-electron chi connectivity index (χ1n) is 3.21. The van der Waals surface area contributed by atoms with Gasteiger partial charge in [-0.05, 0) is 18.3 Å². The fourth-order valence-corrected chi connectivity index (χ4v) is 1.16. The first-order chi connectivity index (χ1) is 3.75. The molecule has 0 unspecified atom stereocenters.